The highest BCUT2D eigenvalue weighted by Crippen LogP contribution is 2.42. The van der Waals surface area contributed by atoms with Gasteiger partial charge in [0, 0.05) is 28.2 Å². The summed E-state index contributed by atoms with van der Waals surface area (Å²) in [7, 11) is 3.24. The quantitative estimate of drug-likeness (QED) is 0.565. The number of aromatic nitrogens is 1. The molecule has 1 aromatic heterocycles. The second kappa shape index (κ2) is 7.80. The second-order valence-corrected chi connectivity index (χ2v) is 8.31. The Hall–Kier alpha value is -2.60. The number of anilines is 1. The van der Waals surface area contributed by atoms with Gasteiger partial charge in [-0.2, -0.15) is 0 Å². The Labute approximate surface area is 173 Å². The molecule has 0 radical (unpaired) electrons. The third-order valence-corrected chi connectivity index (χ3v) is 5.04. The lowest BCUT2D eigenvalue weighted by Crippen LogP contribution is -2.27. The van der Waals surface area contributed by atoms with E-state index >= 15 is 0 Å². The van der Waals surface area contributed by atoms with Gasteiger partial charge in [-0.15, -0.1) is 0 Å². The van der Waals surface area contributed by atoms with Gasteiger partial charge < -0.3 is 14.8 Å². The molecule has 0 aliphatic heterocycles. The molecule has 2 aromatic carbocycles. The SMILES string of the molecule is COc1ccc(NC(=O)C(C)(C)C)c(-c2cc(Br)c(OC)c3ncccc23)c1. The number of rotatable bonds is 4. The zero-order chi connectivity index (χ0) is 20.5. The van der Waals surface area contributed by atoms with Crippen molar-refractivity contribution in [3.8, 4) is 22.6 Å². The van der Waals surface area contributed by atoms with Gasteiger partial charge >= 0.3 is 0 Å². The van der Waals surface area contributed by atoms with Crippen molar-refractivity contribution >= 4 is 38.4 Å². The Bertz CT molecular complexity index is 1040. The van der Waals surface area contributed by atoms with Crippen molar-refractivity contribution in [3.63, 3.8) is 0 Å². The summed E-state index contributed by atoms with van der Waals surface area (Å²) in [5.41, 5.74) is 2.70. The van der Waals surface area contributed by atoms with Gasteiger partial charge in [-0.05, 0) is 51.8 Å². The first-order valence-corrected chi connectivity index (χ1v) is 9.66. The molecule has 0 atom stereocenters. The molecule has 0 bridgehead atoms. The summed E-state index contributed by atoms with van der Waals surface area (Å²) in [5, 5.41) is 3.97. The molecule has 28 heavy (non-hydrogen) atoms. The molecule has 0 fully saturated rings. The molecule has 0 unspecified atom stereocenters. The van der Waals surface area contributed by atoms with Crippen molar-refractivity contribution in [1.82, 2.24) is 4.98 Å². The molecule has 0 saturated carbocycles. The standard InChI is InChI=1S/C22H23BrN2O3/c1-22(2,3)21(26)25-18-9-8-13(27-4)11-16(18)15-12-17(23)20(28-5)19-14(15)7-6-10-24-19/h6-12H,1-5H3,(H,25,26). The maximum absolute atomic E-state index is 12.6. The zero-order valence-corrected chi connectivity index (χ0v) is 18.2. The van der Waals surface area contributed by atoms with Gasteiger partial charge in [0.05, 0.1) is 18.7 Å². The summed E-state index contributed by atoms with van der Waals surface area (Å²) in [6, 6.07) is 11.5. The van der Waals surface area contributed by atoms with Crippen LogP contribution >= 0.6 is 15.9 Å². The fourth-order valence-corrected chi connectivity index (χ4v) is 3.47. The molecule has 0 saturated heterocycles. The summed E-state index contributed by atoms with van der Waals surface area (Å²) in [5.74, 6) is 1.31. The number of halogens is 1. The maximum Gasteiger partial charge on any atom is 0.229 e. The van der Waals surface area contributed by atoms with Gasteiger partial charge in [0.25, 0.3) is 0 Å². The van der Waals surface area contributed by atoms with Crippen LogP contribution in [0.25, 0.3) is 22.0 Å². The van der Waals surface area contributed by atoms with E-state index in [0.29, 0.717) is 17.2 Å². The van der Waals surface area contributed by atoms with E-state index in [-0.39, 0.29) is 5.91 Å². The predicted octanol–water partition coefficient (Wildman–Crippen LogP) is 5.67. The Morgan fingerprint density at radius 3 is 2.46 bits per heavy atom. The Morgan fingerprint density at radius 1 is 1.07 bits per heavy atom. The summed E-state index contributed by atoms with van der Waals surface area (Å²) in [6.45, 7) is 5.65. The van der Waals surface area contributed by atoms with Crippen molar-refractivity contribution in [2.45, 2.75) is 20.8 Å². The number of nitrogens with one attached hydrogen (secondary N) is 1. The maximum atomic E-state index is 12.6. The van der Waals surface area contributed by atoms with Gasteiger partial charge in [0.15, 0.2) is 5.75 Å². The lowest BCUT2D eigenvalue weighted by atomic mass is 9.94. The minimum absolute atomic E-state index is 0.0612. The van der Waals surface area contributed by atoms with Crippen molar-refractivity contribution in [2.24, 2.45) is 5.41 Å². The highest BCUT2D eigenvalue weighted by molar-refractivity contribution is 9.10. The first kappa shape index (κ1) is 20.1. The third kappa shape index (κ3) is 3.83. The minimum atomic E-state index is -0.513. The monoisotopic (exact) mass is 442 g/mol. The first-order chi connectivity index (χ1) is 13.3. The van der Waals surface area contributed by atoms with Crippen LogP contribution in [-0.2, 0) is 4.79 Å². The average Bonchev–Trinajstić information content (AvgIpc) is 2.67. The van der Waals surface area contributed by atoms with E-state index in [2.05, 4.69) is 26.2 Å². The Balaban J connectivity index is 2.27. The number of nitrogens with zero attached hydrogens (tertiary/aromatic N) is 1. The van der Waals surface area contributed by atoms with Crippen LogP contribution < -0.4 is 14.8 Å². The number of fused-ring (bicyclic) bond motifs is 1. The highest BCUT2D eigenvalue weighted by Gasteiger charge is 2.23. The van der Waals surface area contributed by atoms with Crippen LogP contribution in [0.2, 0.25) is 0 Å². The predicted molar refractivity (Wildman–Crippen MR) is 116 cm³/mol. The third-order valence-electron chi connectivity index (χ3n) is 4.45. The number of ether oxygens (including phenoxy) is 2. The van der Waals surface area contributed by atoms with E-state index in [0.717, 1.165) is 26.5 Å². The topological polar surface area (TPSA) is 60.5 Å². The molecule has 3 rings (SSSR count). The van der Waals surface area contributed by atoms with Gasteiger partial charge in [0.1, 0.15) is 11.3 Å². The average molecular weight is 443 g/mol. The smallest absolute Gasteiger partial charge is 0.229 e. The number of benzene rings is 2. The molecular formula is C22H23BrN2O3. The largest absolute Gasteiger partial charge is 0.497 e. The van der Waals surface area contributed by atoms with E-state index in [9.17, 15) is 4.79 Å². The molecule has 1 amide bonds. The second-order valence-electron chi connectivity index (χ2n) is 7.45. The fourth-order valence-electron chi connectivity index (χ4n) is 2.90. The van der Waals surface area contributed by atoms with Crippen molar-refractivity contribution in [2.75, 3.05) is 19.5 Å². The summed E-state index contributed by atoms with van der Waals surface area (Å²) in [6.07, 6.45) is 1.73. The lowest BCUT2D eigenvalue weighted by Gasteiger charge is -2.21. The van der Waals surface area contributed by atoms with Crippen LogP contribution in [-0.4, -0.2) is 25.1 Å². The van der Waals surface area contributed by atoms with Gasteiger partial charge in [-0.1, -0.05) is 26.8 Å². The van der Waals surface area contributed by atoms with Crippen LogP contribution in [0.3, 0.4) is 0 Å². The van der Waals surface area contributed by atoms with Crippen LogP contribution in [0.15, 0.2) is 47.1 Å². The molecular weight excluding hydrogens is 420 g/mol. The van der Waals surface area contributed by atoms with E-state index in [1.165, 1.54) is 0 Å². The van der Waals surface area contributed by atoms with Crippen LogP contribution in [0.5, 0.6) is 11.5 Å². The van der Waals surface area contributed by atoms with Crippen molar-refractivity contribution < 1.29 is 14.3 Å². The summed E-state index contributed by atoms with van der Waals surface area (Å²) >= 11 is 3.58. The molecule has 5 nitrogen and oxygen atoms in total. The van der Waals surface area contributed by atoms with Crippen molar-refractivity contribution in [3.05, 3.63) is 47.1 Å². The Kier molecular flexibility index (Phi) is 5.61. The normalized spacial score (nSPS) is 11.4. The van der Waals surface area contributed by atoms with Gasteiger partial charge in [-0.25, -0.2) is 0 Å². The van der Waals surface area contributed by atoms with Gasteiger partial charge in [0.2, 0.25) is 5.91 Å². The fraction of sp³-hybridized carbons (Fsp3) is 0.273. The molecule has 0 aliphatic carbocycles. The Morgan fingerprint density at radius 2 is 1.82 bits per heavy atom. The summed E-state index contributed by atoms with van der Waals surface area (Å²) in [4.78, 5) is 17.1. The summed E-state index contributed by atoms with van der Waals surface area (Å²) < 4.78 is 11.7. The van der Waals surface area contributed by atoms with Gasteiger partial charge in [-0.3, -0.25) is 9.78 Å². The van der Waals surface area contributed by atoms with E-state index in [4.69, 9.17) is 9.47 Å². The molecule has 146 valence electrons. The molecule has 6 heteroatoms. The van der Waals surface area contributed by atoms with E-state index in [1.54, 1.807) is 20.4 Å². The van der Waals surface area contributed by atoms with Crippen LogP contribution in [0.1, 0.15) is 20.8 Å². The molecule has 0 spiro atoms. The molecule has 0 aliphatic rings. The number of carbonyl (C=O) groups is 1. The van der Waals surface area contributed by atoms with Crippen LogP contribution in [0.4, 0.5) is 5.69 Å². The first-order valence-electron chi connectivity index (χ1n) is 8.87. The molecule has 3 aromatic rings. The number of methoxy groups -OCH3 is 2. The van der Waals surface area contributed by atoms with Crippen LogP contribution in [0, 0.1) is 5.41 Å². The number of carbonyl (C=O) groups excluding carboxylic acids is 1. The van der Waals surface area contributed by atoms with E-state index in [1.807, 2.05) is 57.2 Å². The lowest BCUT2D eigenvalue weighted by molar-refractivity contribution is -0.123. The minimum Gasteiger partial charge on any atom is -0.497 e. The zero-order valence-electron chi connectivity index (χ0n) is 16.6. The van der Waals surface area contributed by atoms with Crippen molar-refractivity contribution in [1.29, 1.82) is 0 Å². The number of hydrogen-bond donors (Lipinski definition) is 1. The highest BCUT2D eigenvalue weighted by atomic mass is 79.9. The number of hydrogen-bond acceptors (Lipinski definition) is 4. The number of amides is 1. The molecule has 1 heterocycles. The van der Waals surface area contributed by atoms with E-state index < -0.39 is 5.41 Å². The molecule has 1 N–H and O–H groups in total. The number of pyridine rings is 1.